The standard InChI is InChI=1S/C24H24F3N3O2/c25-24(26,27)20-6-4-17(5-7-20)21-3-1-2-18-12-19(13-29-22(18)21)23(32)28-9-8-16-14-30(15-16)10-11-31/h1-7,12-13,16,31H,8-11,14-15H2,(H,28,32). The molecule has 1 aromatic heterocycles. The van der Waals surface area contributed by atoms with Crippen LogP contribution in [-0.4, -0.2) is 53.7 Å². The van der Waals surface area contributed by atoms with Crippen LogP contribution in [0.2, 0.25) is 0 Å². The Morgan fingerprint density at radius 2 is 1.91 bits per heavy atom. The third-order valence-electron chi connectivity index (χ3n) is 5.78. The van der Waals surface area contributed by atoms with Crippen LogP contribution in [-0.2, 0) is 6.18 Å². The van der Waals surface area contributed by atoms with Crippen molar-refractivity contribution in [1.29, 1.82) is 0 Å². The Balaban J connectivity index is 1.43. The molecule has 0 radical (unpaired) electrons. The number of pyridine rings is 1. The van der Waals surface area contributed by atoms with Gasteiger partial charge in [-0.2, -0.15) is 13.2 Å². The van der Waals surface area contributed by atoms with Crippen molar-refractivity contribution >= 4 is 16.8 Å². The van der Waals surface area contributed by atoms with E-state index in [0.29, 0.717) is 41.2 Å². The van der Waals surface area contributed by atoms with Gasteiger partial charge in [0.15, 0.2) is 0 Å². The number of likely N-dealkylation sites (tertiary alicyclic amines) is 1. The van der Waals surface area contributed by atoms with E-state index in [9.17, 15) is 18.0 Å². The van der Waals surface area contributed by atoms with Gasteiger partial charge in [0.05, 0.1) is 23.3 Å². The largest absolute Gasteiger partial charge is 0.416 e. The molecule has 0 aliphatic carbocycles. The minimum Gasteiger partial charge on any atom is -0.395 e. The van der Waals surface area contributed by atoms with Gasteiger partial charge in [-0.25, -0.2) is 0 Å². The zero-order chi connectivity index (χ0) is 22.7. The molecule has 5 nitrogen and oxygen atoms in total. The quantitative estimate of drug-likeness (QED) is 0.580. The first kappa shape index (κ1) is 22.2. The van der Waals surface area contributed by atoms with Crippen LogP contribution in [0.15, 0.2) is 54.7 Å². The zero-order valence-corrected chi connectivity index (χ0v) is 17.4. The number of aromatic nitrogens is 1. The van der Waals surface area contributed by atoms with Crippen LogP contribution < -0.4 is 5.32 Å². The van der Waals surface area contributed by atoms with Crippen molar-refractivity contribution in [2.45, 2.75) is 12.6 Å². The van der Waals surface area contributed by atoms with Gasteiger partial charge in [-0.1, -0.05) is 30.3 Å². The van der Waals surface area contributed by atoms with Gasteiger partial charge in [0.2, 0.25) is 0 Å². The number of amides is 1. The van der Waals surface area contributed by atoms with E-state index in [1.54, 1.807) is 18.2 Å². The fourth-order valence-electron chi connectivity index (χ4n) is 4.03. The van der Waals surface area contributed by atoms with Crippen molar-refractivity contribution in [3.63, 3.8) is 0 Å². The summed E-state index contributed by atoms with van der Waals surface area (Å²) in [4.78, 5) is 19.1. The highest BCUT2D eigenvalue weighted by Crippen LogP contribution is 2.33. The number of aliphatic hydroxyl groups excluding tert-OH is 1. The number of aliphatic hydroxyl groups is 1. The summed E-state index contributed by atoms with van der Waals surface area (Å²) in [5.41, 5.74) is 1.71. The highest BCUT2D eigenvalue weighted by atomic mass is 19.4. The Morgan fingerprint density at radius 1 is 1.16 bits per heavy atom. The predicted molar refractivity (Wildman–Crippen MR) is 116 cm³/mol. The first-order chi connectivity index (χ1) is 15.3. The number of nitrogens with zero attached hydrogens (tertiary/aromatic N) is 2. The Morgan fingerprint density at radius 3 is 2.59 bits per heavy atom. The summed E-state index contributed by atoms with van der Waals surface area (Å²) >= 11 is 0. The highest BCUT2D eigenvalue weighted by Gasteiger charge is 2.30. The molecular formula is C24H24F3N3O2. The predicted octanol–water partition coefficient (Wildman–Crippen LogP) is 3.96. The number of β-amino-alcohol motifs (C(OH)–C–C–N with tert-alkyl or cyclic N) is 1. The first-order valence-electron chi connectivity index (χ1n) is 10.5. The van der Waals surface area contributed by atoms with Crippen molar-refractivity contribution in [3.8, 4) is 11.1 Å². The molecular weight excluding hydrogens is 419 g/mol. The molecule has 1 aliphatic heterocycles. The third kappa shape index (κ3) is 4.92. The lowest BCUT2D eigenvalue weighted by molar-refractivity contribution is -0.137. The number of carbonyl (C=O) groups excluding carboxylic acids is 1. The van der Waals surface area contributed by atoms with E-state index in [-0.39, 0.29) is 12.5 Å². The summed E-state index contributed by atoms with van der Waals surface area (Å²) < 4.78 is 38.5. The van der Waals surface area contributed by atoms with Crippen LogP contribution in [0.5, 0.6) is 0 Å². The SMILES string of the molecule is O=C(NCCC1CN(CCO)C1)c1cnc2c(-c3ccc(C(F)(F)F)cc3)cccc2c1. The second-order valence-corrected chi connectivity index (χ2v) is 8.07. The number of rotatable bonds is 7. The maximum atomic E-state index is 12.8. The molecule has 168 valence electrons. The van der Waals surface area contributed by atoms with Gasteiger partial charge in [0.1, 0.15) is 0 Å². The topological polar surface area (TPSA) is 65.5 Å². The molecule has 0 spiro atoms. The lowest BCUT2D eigenvalue weighted by Gasteiger charge is -2.39. The lowest BCUT2D eigenvalue weighted by Crippen LogP contribution is -2.48. The molecule has 1 amide bonds. The maximum Gasteiger partial charge on any atom is 0.416 e. The summed E-state index contributed by atoms with van der Waals surface area (Å²) in [7, 11) is 0. The molecule has 1 saturated heterocycles. The summed E-state index contributed by atoms with van der Waals surface area (Å²) in [6.07, 6.45) is -2.00. The fourth-order valence-corrected chi connectivity index (χ4v) is 4.03. The van der Waals surface area contributed by atoms with Gasteiger partial charge >= 0.3 is 6.18 Å². The van der Waals surface area contributed by atoms with E-state index >= 15 is 0 Å². The fraction of sp³-hybridized carbons (Fsp3) is 0.333. The molecule has 4 rings (SSSR count). The van der Waals surface area contributed by atoms with E-state index in [2.05, 4.69) is 15.2 Å². The van der Waals surface area contributed by atoms with Crippen LogP contribution in [0.3, 0.4) is 0 Å². The molecule has 32 heavy (non-hydrogen) atoms. The Bertz CT molecular complexity index is 1090. The summed E-state index contributed by atoms with van der Waals surface area (Å²) in [5, 5.41) is 12.6. The number of carbonyl (C=O) groups is 1. The second-order valence-electron chi connectivity index (χ2n) is 8.07. The summed E-state index contributed by atoms with van der Waals surface area (Å²) in [6.45, 7) is 3.32. The lowest BCUT2D eigenvalue weighted by atomic mass is 9.96. The molecule has 2 N–H and O–H groups in total. The molecule has 3 aromatic rings. The molecule has 1 aliphatic rings. The van der Waals surface area contributed by atoms with Crippen LogP contribution in [0.4, 0.5) is 13.2 Å². The van der Waals surface area contributed by atoms with Crippen molar-refractivity contribution in [3.05, 3.63) is 65.9 Å². The monoisotopic (exact) mass is 443 g/mol. The number of hydrogen-bond donors (Lipinski definition) is 2. The summed E-state index contributed by atoms with van der Waals surface area (Å²) in [5.74, 6) is 0.328. The normalized spacial score (nSPS) is 15.0. The van der Waals surface area contributed by atoms with Crippen LogP contribution in [0.25, 0.3) is 22.0 Å². The average Bonchev–Trinajstić information content (AvgIpc) is 2.76. The third-order valence-corrected chi connectivity index (χ3v) is 5.78. The highest BCUT2D eigenvalue weighted by molar-refractivity contribution is 6.00. The van der Waals surface area contributed by atoms with E-state index < -0.39 is 11.7 Å². The second kappa shape index (κ2) is 9.26. The zero-order valence-electron chi connectivity index (χ0n) is 17.4. The minimum atomic E-state index is -4.38. The first-order valence-corrected chi connectivity index (χ1v) is 10.5. The van der Waals surface area contributed by atoms with Gasteiger partial charge in [-0.15, -0.1) is 0 Å². The van der Waals surface area contributed by atoms with Crippen LogP contribution in [0, 0.1) is 5.92 Å². The molecule has 0 bridgehead atoms. The molecule has 1 fully saturated rings. The number of nitrogens with one attached hydrogen (secondary N) is 1. The number of alkyl halides is 3. The molecule has 2 heterocycles. The van der Waals surface area contributed by atoms with Gasteiger partial charge in [-0.3, -0.25) is 9.78 Å². The smallest absolute Gasteiger partial charge is 0.395 e. The Kier molecular flexibility index (Phi) is 6.43. The van der Waals surface area contributed by atoms with Gasteiger partial charge in [0.25, 0.3) is 5.91 Å². The molecule has 0 saturated carbocycles. The molecule has 8 heteroatoms. The number of halogens is 3. The Hall–Kier alpha value is -2.97. The minimum absolute atomic E-state index is 0.166. The van der Waals surface area contributed by atoms with E-state index in [1.165, 1.54) is 18.3 Å². The van der Waals surface area contributed by atoms with Gasteiger partial charge in [-0.05, 0) is 36.1 Å². The number of fused-ring (bicyclic) bond motifs is 1. The van der Waals surface area contributed by atoms with Crippen LogP contribution in [0.1, 0.15) is 22.3 Å². The van der Waals surface area contributed by atoms with Crippen molar-refractivity contribution in [1.82, 2.24) is 15.2 Å². The van der Waals surface area contributed by atoms with E-state index in [0.717, 1.165) is 37.0 Å². The molecule has 2 aromatic carbocycles. The maximum absolute atomic E-state index is 12.8. The number of benzene rings is 2. The van der Waals surface area contributed by atoms with Crippen LogP contribution >= 0.6 is 0 Å². The molecule has 0 unspecified atom stereocenters. The van der Waals surface area contributed by atoms with Crippen molar-refractivity contribution in [2.24, 2.45) is 5.92 Å². The average molecular weight is 443 g/mol. The Labute approximate surface area is 183 Å². The number of hydrogen-bond acceptors (Lipinski definition) is 4. The van der Waals surface area contributed by atoms with Crippen molar-refractivity contribution < 1.29 is 23.1 Å². The summed E-state index contributed by atoms with van der Waals surface area (Å²) in [6, 6.07) is 12.2. The van der Waals surface area contributed by atoms with Gasteiger partial charge in [0, 0.05) is 43.3 Å². The van der Waals surface area contributed by atoms with Crippen molar-refractivity contribution in [2.75, 3.05) is 32.8 Å². The van der Waals surface area contributed by atoms with Gasteiger partial charge < -0.3 is 15.3 Å². The van der Waals surface area contributed by atoms with E-state index in [4.69, 9.17) is 5.11 Å². The molecule has 0 atom stereocenters. The number of para-hydroxylation sites is 1. The van der Waals surface area contributed by atoms with E-state index in [1.807, 2.05) is 6.07 Å².